The van der Waals surface area contributed by atoms with Gasteiger partial charge in [0.05, 0.1) is 75.1 Å². The third-order valence-corrected chi connectivity index (χ3v) is 6.33. The zero-order valence-electron chi connectivity index (χ0n) is 25.1. The van der Waals surface area contributed by atoms with Crippen LogP contribution in [0.2, 0.25) is 0 Å². The number of hydrogen-bond donors (Lipinski definition) is 0. The normalized spacial score (nSPS) is 15.7. The van der Waals surface area contributed by atoms with E-state index in [-0.39, 0.29) is 24.8 Å². The van der Waals surface area contributed by atoms with Crippen molar-refractivity contribution in [2.45, 2.75) is 19.4 Å². The van der Waals surface area contributed by atoms with Gasteiger partial charge in [-0.15, -0.1) is 0 Å². The van der Waals surface area contributed by atoms with Crippen LogP contribution in [-0.2, 0) is 25.6 Å². The Kier molecular flexibility index (Phi) is 12.4. The standard InChI is InChI=1S/C28H52N6O4/c1-29-22-30(2)24-32(23-29)26-11-9-25(10-12-26)21-31(15-13-27(35)37-19-17-33(3,4)5)16-14-28(36)38-20-18-34(6,7)8/h9-12H,13-24H2,1-8H3/q+2. The summed E-state index contributed by atoms with van der Waals surface area (Å²) in [6.07, 6.45) is 0.580. The lowest BCUT2D eigenvalue weighted by Crippen LogP contribution is -2.52. The van der Waals surface area contributed by atoms with E-state index in [9.17, 15) is 9.59 Å². The van der Waals surface area contributed by atoms with Gasteiger partial charge in [0.1, 0.15) is 26.3 Å². The molecule has 0 aliphatic carbocycles. The summed E-state index contributed by atoms with van der Waals surface area (Å²) in [6.45, 7) is 6.79. The highest BCUT2D eigenvalue weighted by molar-refractivity contribution is 5.70. The molecule has 0 saturated carbocycles. The van der Waals surface area contributed by atoms with Gasteiger partial charge >= 0.3 is 11.9 Å². The fourth-order valence-corrected chi connectivity index (χ4v) is 4.14. The van der Waals surface area contributed by atoms with E-state index in [0.717, 1.165) is 47.6 Å². The third-order valence-electron chi connectivity index (χ3n) is 6.33. The Hall–Kier alpha value is -2.24. The number of carbonyl (C=O) groups excluding carboxylic acids is 2. The molecule has 0 spiro atoms. The minimum Gasteiger partial charge on any atom is -0.460 e. The van der Waals surface area contributed by atoms with Crippen LogP contribution in [0.1, 0.15) is 18.4 Å². The summed E-state index contributed by atoms with van der Waals surface area (Å²) in [6, 6.07) is 8.57. The van der Waals surface area contributed by atoms with Gasteiger partial charge in [0.25, 0.3) is 0 Å². The highest BCUT2D eigenvalue weighted by atomic mass is 16.5. The highest BCUT2D eigenvalue weighted by Crippen LogP contribution is 2.19. The highest BCUT2D eigenvalue weighted by Gasteiger charge is 2.19. The maximum Gasteiger partial charge on any atom is 0.307 e. The van der Waals surface area contributed by atoms with Crippen LogP contribution >= 0.6 is 0 Å². The molecule has 1 fully saturated rings. The molecule has 2 rings (SSSR count). The fourth-order valence-electron chi connectivity index (χ4n) is 4.14. The van der Waals surface area contributed by atoms with Crippen molar-refractivity contribution in [2.24, 2.45) is 0 Å². The van der Waals surface area contributed by atoms with Crippen molar-refractivity contribution in [3.8, 4) is 0 Å². The molecule has 0 unspecified atom stereocenters. The molecule has 1 aromatic rings. The van der Waals surface area contributed by atoms with Crippen molar-refractivity contribution in [1.82, 2.24) is 14.7 Å². The molecule has 0 radical (unpaired) electrons. The van der Waals surface area contributed by atoms with Gasteiger partial charge in [0.15, 0.2) is 0 Å². The quantitative estimate of drug-likeness (QED) is 0.246. The monoisotopic (exact) mass is 536 g/mol. The smallest absolute Gasteiger partial charge is 0.307 e. The van der Waals surface area contributed by atoms with E-state index < -0.39 is 0 Å². The first-order chi connectivity index (χ1) is 17.7. The first-order valence-corrected chi connectivity index (χ1v) is 13.6. The second kappa shape index (κ2) is 14.8. The first-order valence-electron chi connectivity index (χ1n) is 13.6. The Balaban J connectivity index is 1.94. The number of quaternary nitrogens is 2. The van der Waals surface area contributed by atoms with Crippen molar-refractivity contribution >= 4 is 17.6 Å². The summed E-state index contributed by atoms with van der Waals surface area (Å²) in [4.78, 5) is 33.8. The van der Waals surface area contributed by atoms with Crippen molar-refractivity contribution in [2.75, 3.05) is 121 Å². The number of hydrogen-bond acceptors (Lipinski definition) is 8. The van der Waals surface area contributed by atoms with Crippen LogP contribution < -0.4 is 4.90 Å². The third kappa shape index (κ3) is 13.5. The molecular weight excluding hydrogens is 484 g/mol. The fraction of sp³-hybridized carbons (Fsp3) is 0.714. The van der Waals surface area contributed by atoms with Crippen LogP contribution in [0.15, 0.2) is 24.3 Å². The Bertz CT molecular complexity index is 820. The molecule has 1 heterocycles. The minimum absolute atomic E-state index is 0.206. The number of esters is 2. The van der Waals surface area contributed by atoms with Crippen LogP contribution in [0, 0.1) is 0 Å². The number of nitrogens with zero attached hydrogens (tertiary/aromatic N) is 6. The van der Waals surface area contributed by atoms with Crippen LogP contribution in [0.3, 0.4) is 0 Å². The molecule has 0 atom stereocenters. The molecule has 38 heavy (non-hydrogen) atoms. The van der Waals surface area contributed by atoms with Crippen LogP contribution in [0.4, 0.5) is 5.69 Å². The van der Waals surface area contributed by atoms with E-state index in [4.69, 9.17) is 9.47 Å². The van der Waals surface area contributed by atoms with Crippen LogP contribution in [-0.4, -0.2) is 151 Å². The predicted octanol–water partition coefficient (Wildman–Crippen LogP) is 1.32. The van der Waals surface area contributed by atoms with Crippen molar-refractivity contribution in [1.29, 1.82) is 0 Å². The minimum atomic E-state index is -0.206. The van der Waals surface area contributed by atoms with Gasteiger partial charge in [-0.3, -0.25) is 24.3 Å². The number of anilines is 1. The maximum atomic E-state index is 12.4. The molecule has 216 valence electrons. The maximum absolute atomic E-state index is 12.4. The largest absolute Gasteiger partial charge is 0.460 e. The van der Waals surface area contributed by atoms with Crippen molar-refractivity contribution in [3.05, 3.63) is 29.8 Å². The molecule has 1 aliphatic rings. The Labute approximate surface area is 230 Å². The Morgan fingerprint density at radius 2 is 1.21 bits per heavy atom. The van der Waals surface area contributed by atoms with Gasteiger partial charge < -0.3 is 23.3 Å². The van der Waals surface area contributed by atoms with Crippen LogP contribution in [0.25, 0.3) is 0 Å². The summed E-state index contributed by atoms with van der Waals surface area (Å²) in [5, 5.41) is 0. The first kappa shape index (κ1) is 32.0. The van der Waals surface area contributed by atoms with Gasteiger partial charge in [-0.2, -0.15) is 0 Å². The number of likely N-dealkylation sites (N-methyl/N-ethyl adjacent to an activating group) is 2. The van der Waals surface area contributed by atoms with Gasteiger partial charge in [0.2, 0.25) is 0 Å². The molecule has 1 saturated heterocycles. The topological polar surface area (TPSA) is 65.6 Å². The van der Waals surface area contributed by atoms with Gasteiger partial charge in [-0.05, 0) is 31.8 Å². The van der Waals surface area contributed by atoms with Crippen molar-refractivity contribution < 1.29 is 28.0 Å². The second-order valence-corrected chi connectivity index (χ2v) is 12.6. The molecule has 0 bridgehead atoms. The lowest BCUT2D eigenvalue weighted by atomic mass is 10.1. The van der Waals surface area contributed by atoms with E-state index in [2.05, 4.69) is 100 Å². The SMILES string of the molecule is CN1CN(C)CN(c2ccc(CN(CCC(=O)OCC[N+](C)(C)C)CCC(=O)OCC[N+](C)(C)C)cc2)C1. The summed E-state index contributed by atoms with van der Waals surface area (Å²) in [7, 11) is 16.7. The number of rotatable bonds is 15. The Morgan fingerprint density at radius 3 is 1.63 bits per heavy atom. The molecular formula is C28H52N6O4+2. The molecule has 0 aromatic heterocycles. The summed E-state index contributed by atoms with van der Waals surface area (Å²) in [5.74, 6) is -0.412. The van der Waals surface area contributed by atoms with Gasteiger partial charge in [-0.25, -0.2) is 0 Å². The second-order valence-electron chi connectivity index (χ2n) is 12.6. The predicted molar refractivity (Wildman–Crippen MR) is 151 cm³/mol. The number of benzene rings is 1. The van der Waals surface area contributed by atoms with E-state index in [1.165, 1.54) is 5.69 Å². The average Bonchev–Trinajstić information content (AvgIpc) is 2.79. The molecule has 0 N–H and O–H groups in total. The van der Waals surface area contributed by atoms with E-state index in [1.807, 2.05) is 0 Å². The lowest BCUT2D eigenvalue weighted by molar-refractivity contribution is -0.870. The van der Waals surface area contributed by atoms with Gasteiger partial charge in [-0.1, -0.05) is 12.1 Å². The lowest BCUT2D eigenvalue weighted by Gasteiger charge is -2.40. The zero-order chi connectivity index (χ0) is 28.3. The average molecular weight is 537 g/mol. The number of carbonyl (C=O) groups is 2. The van der Waals surface area contributed by atoms with Crippen LogP contribution in [0.5, 0.6) is 0 Å². The zero-order valence-corrected chi connectivity index (χ0v) is 25.1. The molecule has 10 nitrogen and oxygen atoms in total. The number of ether oxygens (including phenoxy) is 2. The van der Waals surface area contributed by atoms with E-state index in [1.54, 1.807) is 0 Å². The van der Waals surface area contributed by atoms with Gasteiger partial charge in [0, 0.05) is 25.3 Å². The summed E-state index contributed by atoms with van der Waals surface area (Å²) >= 11 is 0. The van der Waals surface area contributed by atoms with E-state index in [0.29, 0.717) is 32.8 Å². The Morgan fingerprint density at radius 1 is 0.763 bits per heavy atom. The summed E-state index contributed by atoms with van der Waals surface area (Å²) in [5.41, 5.74) is 2.32. The molecule has 1 aromatic carbocycles. The molecule has 0 amide bonds. The molecule has 10 heteroatoms. The van der Waals surface area contributed by atoms with E-state index >= 15 is 0 Å². The van der Waals surface area contributed by atoms with Crippen molar-refractivity contribution in [3.63, 3.8) is 0 Å². The molecule has 1 aliphatic heterocycles. The summed E-state index contributed by atoms with van der Waals surface area (Å²) < 4.78 is 12.4.